The molecule has 0 aliphatic carbocycles. The van der Waals surface area contributed by atoms with E-state index < -0.39 is 0 Å². The molecule has 0 spiro atoms. The lowest BCUT2D eigenvalue weighted by Crippen LogP contribution is -2.10. The van der Waals surface area contributed by atoms with Crippen molar-refractivity contribution in [3.63, 3.8) is 0 Å². The van der Waals surface area contributed by atoms with Crippen LogP contribution in [0.25, 0.3) is 33.1 Å². The molecule has 0 saturated heterocycles. The van der Waals surface area contributed by atoms with Gasteiger partial charge in [0.05, 0.1) is 5.69 Å². The summed E-state index contributed by atoms with van der Waals surface area (Å²) in [5.41, 5.74) is 7.38. The molecule has 0 bridgehead atoms. The fraction of sp³-hybridized carbons (Fsp3) is 0. The van der Waals surface area contributed by atoms with Gasteiger partial charge in [0, 0.05) is 32.7 Å². The van der Waals surface area contributed by atoms with Crippen LogP contribution < -0.4 is 4.90 Å². The van der Waals surface area contributed by atoms with Crippen molar-refractivity contribution in [3.05, 3.63) is 126 Å². The molecular weight excluding hydrogens is 470 g/mol. The third kappa shape index (κ3) is 3.61. The number of hydrogen-bond donors (Lipinski definition) is 0. The highest BCUT2D eigenvalue weighted by Crippen LogP contribution is 2.41. The summed E-state index contributed by atoms with van der Waals surface area (Å²) < 4.78 is 7.21. The van der Waals surface area contributed by atoms with Gasteiger partial charge >= 0.3 is 0 Å². The highest BCUT2D eigenvalue weighted by atomic mass is 79.9. The molecule has 0 unspecified atom stereocenters. The Hall–Kier alpha value is -3.82. The zero-order chi connectivity index (χ0) is 22.2. The highest BCUT2D eigenvalue weighted by Gasteiger charge is 2.17. The van der Waals surface area contributed by atoms with Crippen molar-refractivity contribution in [2.75, 3.05) is 4.90 Å². The van der Waals surface area contributed by atoms with Crippen molar-refractivity contribution in [1.82, 2.24) is 0 Å². The van der Waals surface area contributed by atoms with Crippen molar-refractivity contribution < 1.29 is 4.42 Å². The highest BCUT2D eigenvalue weighted by molar-refractivity contribution is 9.10. The van der Waals surface area contributed by atoms with E-state index in [9.17, 15) is 0 Å². The molecule has 1 heterocycles. The average Bonchev–Trinajstić information content (AvgIpc) is 3.24. The van der Waals surface area contributed by atoms with Gasteiger partial charge in [-0.15, -0.1) is 0 Å². The zero-order valence-corrected chi connectivity index (χ0v) is 19.4. The van der Waals surface area contributed by atoms with E-state index >= 15 is 0 Å². The summed E-state index contributed by atoms with van der Waals surface area (Å²) in [4.78, 5) is 2.26. The summed E-state index contributed by atoms with van der Waals surface area (Å²) in [6.45, 7) is 0. The molecule has 0 aliphatic heterocycles. The Morgan fingerprint density at radius 2 is 1.15 bits per heavy atom. The topological polar surface area (TPSA) is 16.4 Å². The van der Waals surface area contributed by atoms with Crippen molar-refractivity contribution in [3.8, 4) is 11.1 Å². The Kier molecular flexibility index (Phi) is 4.97. The van der Waals surface area contributed by atoms with Crippen LogP contribution in [0.2, 0.25) is 0 Å². The minimum absolute atomic E-state index is 0.881. The van der Waals surface area contributed by atoms with Gasteiger partial charge in [-0.05, 0) is 69.5 Å². The fourth-order valence-corrected chi connectivity index (χ4v) is 4.81. The zero-order valence-electron chi connectivity index (χ0n) is 17.8. The van der Waals surface area contributed by atoms with Gasteiger partial charge in [-0.3, -0.25) is 0 Å². The van der Waals surface area contributed by atoms with E-state index in [4.69, 9.17) is 4.42 Å². The number of hydrogen-bond acceptors (Lipinski definition) is 2. The maximum absolute atomic E-state index is 6.18. The quantitative estimate of drug-likeness (QED) is 0.245. The normalized spacial score (nSPS) is 11.2. The molecule has 1 aromatic heterocycles. The Morgan fingerprint density at radius 3 is 1.97 bits per heavy atom. The smallest absolute Gasteiger partial charge is 0.137 e. The van der Waals surface area contributed by atoms with Crippen LogP contribution in [0.3, 0.4) is 0 Å². The van der Waals surface area contributed by atoms with Gasteiger partial charge in [-0.2, -0.15) is 0 Å². The van der Waals surface area contributed by atoms with E-state index in [0.717, 1.165) is 43.5 Å². The van der Waals surface area contributed by atoms with E-state index in [-0.39, 0.29) is 0 Å². The van der Waals surface area contributed by atoms with Crippen LogP contribution in [0.4, 0.5) is 17.1 Å². The van der Waals surface area contributed by atoms with E-state index in [1.165, 1.54) is 11.1 Å². The molecule has 0 atom stereocenters. The van der Waals surface area contributed by atoms with Crippen molar-refractivity contribution >= 4 is 54.9 Å². The second-order valence-electron chi connectivity index (χ2n) is 7.98. The van der Waals surface area contributed by atoms with Crippen molar-refractivity contribution in [2.45, 2.75) is 0 Å². The van der Waals surface area contributed by atoms with Gasteiger partial charge in [-0.1, -0.05) is 72.8 Å². The first-order chi connectivity index (χ1) is 16.3. The number of benzene rings is 5. The monoisotopic (exact) mass is 489 g/mol. The largest absolute Gasteiger partial charge is 0.456 e. The minimum Gasteiger partial charge on any atom is -0.456 e. The van der Waals surface area contributed by atoms with Crippen LogP contribution in [-0.2, 0) is 0 Å². The van der Waals surface area contributed by atoms with E-state index in [1.54, 1.807) is 0 Å². The van der Waals surface area contributed by atoms with Gasteiger partial charge < -0.3 is 9.32 Å². The number of rotatable bonds is 4. The molecule has 33 heavy (non-hydrogen) atoms. The van der Waals surface area contributed by atoms with Gasteiger partial charge in [0.25, 0.3) is 0 Å². The molecule has 2 nitrogen and oxygen atoms in total. The Morgan fingerprint density at radius 1 is 0.515 bits per heavy atom. The van der Waals surface area contributed by atoms with Gasteiger partial charge in [0.1, 0.15) is 11.2 Å². The maximum Gasteiger partial charge on any atom is 0.137 e. The van der Waals surface area contributed by atoms with Crippen LogP contribution in [0.5, 0.6) is 0 Å². The molecule has 5 aromatic carbocycles. The maximum atomic E-state index is 6.18. The lowest BCUT2D eigenvalue weighted by Gasteiger charge is -2.26. The molecule has 0 saturated carbocycles. The van der Waals surface area contributed by atoms with Crippen LogP contribution in [-0.4, -0.2) is 0 Å². The summed E-state index contributed by atoms with van der Waals surface area (Å²) >= 11 is 3.76. The molecule has 3 heteroatoms. The summed E-state index contributed by atoms with van der Waals surface area (Å²) in [5.74, 6) is 0. The molecule has 0 radical (unpaired) electrons. The molecule has 0 N–H and O–H groups in total. The summed E-state index contributed by atoms with van der Waals surface area (Å²) in [6, 6.07) is 42.0. The van der Waals surface area contributed by atoms with Crippen LogP contribution in [0, 0.1) is 0 Å². The number of halogens is 1. The molecule has 0 amide bonds. The first-order valence-electron chi connectivity index (χ1n) is 10.9. The molecule has 0 fully saturated rings. The van der Waals surface area contributed by atoms with Gasteiger partial charge in [0.15, 0.2) is 0 Å². The Labute approximate surface area is 200 Å². The van der Waals surface area contributed by atoms with Gasteiger partial charge in [0.2, 0.25) is 0 Å². The molecule has 158 valence electrons. The third-order valence-corrected chi connectivity index (χ3v) is 6.62. The Bertz CT molecular complexity index is 1570. The minimum atomic E-state index is 0.881. The lowest BCUT2D eigenvalue weighted by atomic mass is 10.0. The van der Waals surface area contributed by atoms with E-state index in [1.807, 2.05) is 30.3 Å². The summed E-state index contributed by atoms with van der Waals surface area (Å²) in [5, 5.41) is 2.26. The molecule has 0 aliphatic rings. The predicted octanol–water partition coefficient (Wildman–Crippen LogP) is 9.49. The molecular formula is C30H20BrNO. The number of nitrogens with zero attached hydrogens (tertiary/aromatic N) is 1. The van der Waals surface area contributed by atoms with E-state index in [0.29, 0.717) is 0 Å². The second kappa shape index (κ2) is 8.27. The third-order valence-electron chi connectivity index (χ3n) is 5.95. The van der Waals surface area contributed by atoms with Crippen LogP contribution >= 0.6 is 15.9 Å². The van der Waals surface area contributed by atoms with Crippen molar-refractivity contribution in [2.24, 2.45) is 0 Å². The van der Waals surface area contributed by atoms with E-state index in [2.05, 4.69) is 112 Å². The SMILES string of the molecule is Brc1ccccc1N(c1ccc(-c2ccccc2)cc1)c1ccc2c(c1)oc1ccccc12. The number of para-hydroxylation sites is 2. The lowest BCUT2D eigenvalue weighted by molar-refractivity contribution is 0.669. The molecule has 6 aromatic rings. The number of fused-ring (bicyclic) bond motifs is 3. The number of anilines is 3. The predicted molar refractivity (Wildman–Crippen MR) is 142 cm³/mol. The molecule has 6 rings (SSSR count). The summed E-state index contributed by atoms with van der Waals surface area (Å²) in [7, 11) is 0. The fourth-order valence-electron chi connectivity index (χ4n) is 4.35. The second-order valence-corrected chi connectivity index (χ2v) is 8.83. The first-order valence-corrected chi connectivity index (χ1v) is 11.7. The first kappa shape index (κ1) is 19.8. The standard InChI is InChI=1S/C30H20BrNO/c31-27-11-5-6-12-28(27)32(23-16-14-22(15-17-23)21-8-2-1-3-9-21)24-18-19-26-25-10-4-7-13-29(25)33-30(26)20-24/h1-20H. The Balaban J connectivity index is 1.50. The number of furan rings is 1. The van der Waals surface area contributed by atoms with Gasteiger partial charge in [-0.25, -0.2) is 0 Å². The average molecular weight is 490 g/mol. The van der Waals surface area contributed by atoms with Crippen LogP contribution in [0.15, 0.2) is 130 Å². The summed E-state index contributed by atoms with van der Waals surface area (Å²) in [6.07, 6.45) is 0. The van der Waals surface area contributed by atoms with Crippen LogP contribution in [0.1, 0.15) is 0 Å². The van der Waals surface area contributed by atoms with Crippen molar-refractivity contribution in [1.29, 1.82) is 0 Å².